The third-order valence-corrected chi connectivity index (χ3v) is 4.92. The Kier molecular flexibility index (Phi) is 9.46. The number of carbonyl (C=O) groups excluding carboxylic acids is 1. The van der Waals surface area contributed by atoms with Crippen molar-refractivity contribution in [2.75, 3.05) is 39.0 Å². The Morgan fingerprint density at radius 1 is 1.48 bits per heavy atom. The lowest BCUT2D eigenvalue weighted by atomic mass is 10.3. The van der Waals surface area contributed by atoms with Crippen LogP contribution in [-0.4, -0.2) is 61.0 Å². The monoisotopic (exact) mass is 452 g/mol. The Morgan fingerprint density at radius 2 is 2.26 bits per heavy atom. The third-order valence-electron chi connectivity index (χ3n) is 3.54. The number of thioether (sulfide) groups is 1. The van der Waals surface area contributed by atoms with Gasteiger partial charge in [0.25, 0.3) is 5.91 Å². The molecule has 8 heteroatoms. The van der Waals surface area contributed by atoms with E-state index < -0.39 is 0 Å². The summed E-state index contributed by atoms with van der Waals surface area (Å²) in [5.74, 6) is 2.19. The molecular formula is C15H25IN4O2S. The van der Waals surface area contributed by atoms with Crippen LogP contribution < -0.4 is 10.6 Å². The van der Waals surface area contributed by atoms with Gasteiger partial charge >= 0.3 is 0 Å². The van der Waals surface area contributed by atoms with Gasteiger partial charge < -0.3 is 20.0 Å². The molecule has 0 aliphatic carbocycles. The van der Waals surface area contributed by atoms with Gasteiger partial charge in [-0.3, -0.25) is 9.79 Å². The molecule has 1 aromatic heterocycles. The molecule has 1 saturated heterocycles. The highest BCUT2D eigenvalue weighted by molar-refractivity contribution is 14.0. The van der Waals surface area contributed by atoms with Gasteiger partial charge in [-0.2, -0.15) is 11.8 Å². The van der Waals surface area contributed by atoms with Gasteiger partial charge in [0.2, 0.25) is 0 Å². The van der Waals surface area contributed by atoms with Gasteiger partial charge in [-0.15, -0.1) is 24.0 Å². The second kappa shape index (κ2) is 10.8. The summed E-state index contributed by atoms with van der Waals surface area (Å²) < 4.78 is 5.05. The summed E-state index contributed by atoms with van der Waals surface area (Å²) in [5.41, 5.74) is 0. The second-order valence-electron chi connectivity index (χ2n) is 5.05. The molecule has 1 atom stereocenters. The van der Waals surface area contributed by atoms with Gasteiger partial charge in [0.15, 0.2) is 11.7 Å². The normalized spacial score (nSPS) is 18.3. The van der Waals surface area contributed by atoms with Gasteiger partial charge in [0.1, 0.15) is 0 Å². The second-order valence-corrected chi connectivity index (χ2v) is 6.46. The molecule has 0 spiro atoms. The van der Waals surface area contributed by atoms with E-state index in [9.17, 15) is 4.79 Å². The number of carbonyl (C=O) groups is 1. The lowest BCUT2D eigenvalue weighted by molar-refractivity contribution is 0.0926. The highest BCUT2D eigenvalue weighted by Gasteiger charge is 2.21. The average molecular weight is 452 g/mol. The van der Waals surface area contributed by atoms with Crippen LogP contribution in [0.2, 0.25) is 0 Å². The number of furan rings is 1. The molecule has 23 heavy (non-hydrogen) atoms. The molecule has 1 aliphatic heterocycles. The fourth-order valence-corrected chi connectivity index (χ4v) is 3.52. The van der Waals surface area contributed by atoms with Crippen LogP contribution in [0.5, 0.6) is 0 Å². The highest BCUT2D eigenvalue weighted by Crippen LogP contribution is 2.20. The summed E-state index contributed by atoms with van der Waals surface area (Å²) in [7, 11) is 1.80. The van der Waals surface area contributed by atoms with Crippen LogP contribution in [0.1, 0.15) is 23.9 Å². The van der Waals surface area contributed by atoms with E-state index in [1.165, 1.54) is 12.7 Å². The average Bonchev–Trinajstić information content (AvgIpc) is 3.09. The van der Waals surface area contributed by atoms with Crippen LogP contribution in [-0.2, 0) is 0 Å². The number of aliphatic imine (C=N–C) groups is 1. The number of guanidine groups is 1. The molecule has 0 aromatic carbocycles. The zero-order valence-electron chi connectivity index (χ0n) is 13.6. The quantitative estimate of drug-likeness (QED) is 0.310. The van der Waals surface area contributed by atoms with Gasteiger partial charge in [0, 0.05) is 44.2 Å². The maximum absolute atomic E-state index is 11.7. The molecule has 0 bridgehead atoms. The number of nitrogens with zero attached hydrogens (tertiary/aromatic N) is 2. The highest BCUT2D eigenvalue weighted by atomic mass is 127. The summed E-state index contributed by atoms with van der Waals surface area (Å²) >= 11 is 2.03. The van der Waals surface area contributed by atoms with Crippen molar-refractivity contribution in [1.82, 2.24) is 15.5 Å². The third kappa shape index (κ3) is 6.25. The maximum Gasteiger partial charge on any atom is 0.287 e. The number of halogens is 1. The smallest absolute Gasteiger partial charge is 0.287 e. The van der Waals surface area contributed by atoms with Crippen molar-refractivity contribution in [3.63, 3.8) is 0 Å². The summed E-state index contributed by atoms with van der Waals surface area (Å²) in [4.78, 5) is 18.4. The number of amides is 1. The van der Waals surface area contributed by atoms with E-state index in [2.05, 4.69) is 27.4 Å². The predicted molar refractivity (Wildman–Crippen MR) is 106 cm³/mol. The molecule has 2 heterocycles. The van der Waals surface area contributed by atoms with Crippen LogP contribution in [0.15, 0.2) is 27.8 Å². The zero-order chi connectivity index (χ0) is 15.8. The fraction of sp³-hybridized carbons (Fsp3) is 0.600. The van der Waals surface area contributed by atoms with Crippen molar-refractivity contribution in [2.24, 2.45) is 4.99 Å². The largest absolute Gasteiger partial charge is 0.459 e. The van der Waals surface area contributed by atoms with Gasteiger partial charge in [-0.05, 0) is 18.6 Å². The number of hydrogen-bond acceptors (Lipinski definition) is 4. The Balaban J connectivity index is 0.00000264. The van der Waals surface area contributed by atoms with E-state index in [0.717, 1.165) is 24.8 Å². The van der Waals surface area contributed by atoms with Crippen molar-refractivity contribution >= 4 is 47.6 Å². The van der Waals surface area contributed by atoms with E-state index in [0.29, 0.717) is 24.1 Å². The number of rotatable bonds is 5. The van der Waals surface area contributed by atoms with Crippen molar-refractivity contribution in [2.45, 2.75) is 18.6 Å². The maximum atomic E-state index is 11.7. The molecule has 130 valence electrons. The van der Waals surface area contributed by atoms with Gasteiger partial charge in [0.05, 0.1) is 6.26 Å². The first-order valence-electron chi connectivity index (χ1n) is 7.63. The van der Waals surface area contributed by atoms with Crippen LogP contribution in [0.3, 0.4) is 0 Å². The van der Waals surface area contributed by atoms with Crippen LogP contribution in [0.25, 0.3) is 0 Å². The predicted octanol–water partition coefficient (Wildman–Crippen LogP) is 2.03. The Morgan fingerprint density at radius 3 is 2.91 bits per heavy atom. The lowest BCUT2D eigenvalue weighted by Gasteiger charge is -2.34. The number of nitrogens with one attached hydrogen (secondary N) is 2. The van der Waals surface area contributed by atoms with Crippen molar-refractivity contribution < 1.29 is 9.21 Å². The van der Waals surface area contributed by atoms with E-state index in [1.54, 1.807) is 19.2 Å². The molecule has 1 aliphatic rings. The Labute approximate surface area is 158 Å². The van der Waals surface area contributed by atoms with Crippen LogP contribution >= 0.6 is 35.7 Å². The Hall–Kier alpha value is -0.900. The zero-order valence-corrected chi connectivity index (χ0v) is 16.7. The molecule has 1 unspecified atom stereocenters. The number of hydrogen-bond donors (Lipinski definition) is 2. The first-order chi connectivity index (χ1) is 10.7. The topological polar surface area (TPSA) is 69.9 Å². The van der Waals surface area contributed by atoms with E-state index in [1.807, 2.05) is 11.8 Å². The first-order valence-corrected chi connectivity index (χ1v) is 8.68. The van der Waals surface area contributed by atoms with Gasteiger partial charge in [-0.1, -0.05) is 6.92 Å². The molecule has 6 nitrogen and oxygen atoms in total. The first kappa shape index (κ1) is 20.1. The van der Waals surface area contributed by atoms with E-state index in [4.69, 9.17) is 4.42 Å². The van der Waals surface area contributed by atoms with Crippen molar-refractivity contribution in [1.29, 1.82) is 0 Å². The minimum absolute atomic E-state index is 0. The molecule has 0 saturated carbocycles. The lowest BCUT2D eigenvalue weighted by Crippen LogP contribution is -2.49. The summed E-state index contributed by atoms with van der Waals surface area (Å²) in [6, 6.07) is 3.35. The molecule has 2 rings (SSSR count). The molecular weight excluding hydrogens is 427 g/mol. The van der Waals surface area contributed by atoms with Crippen LogP contribution in [0, 0.1) is 0 Å². The summed E-state index contributed by atoms with van der Waals surface area (Å²) in [6.45, 7) is 5.43. The molecule has 1 fully saturated rings. The summed E-state index contributed by atoms with van der Waals surface area (Å²) in [5, 5.41) is 6.79. The SMILES string of the molecule is CCC1CN(C(=NC)NCCNC(=O)c2ccco2)CCS1.I. The standard InChI is InChI=1S/C15H24N4O2S.HI/c1-3-12-11-19(8-10-22-12)15(16-2)18-7-6-17-14(20)13-5-4-9-21-13;/h4-5,9,12H,3,6-8,10-11H2,1-2H3,(H,16,18)(H,17,20);1H. The minimum Gasteiger partial charge on any atom is -0.459 e. The molecule has 1 amide bonds. The minimum atomic E-state index is -0.192. The summed E-state index contributed by atoms with van der Waals surface area (Å²) in [6.07, 6.45) is 2.67. The van der Waals surface area contributed by atoms with Gasteiger partial charge in [-0.25, -0.2) is 0 Å². The van der Waals surface area contributed by atoms with Crippen LogP contribution in [0.4, 0.5) is 0 Å². The van der Waals surface area contributed by atoms with Crippen molar-refractivity contribution in [3.05, 3.63) is 24.2 Å². The molecule has 1 aromatic rings. The van der Waals surface area contributed by atoms with E-state index in [-0.39, 0.29) is 29.9 Å². The van der Waals surface area contributed by atoms with E-state index >= 15 is 0 Å². The molecule has 0 radical (unpaired) electrons. The Bertz CT molecular complexity index is 496. The molecule has 2 N–H and O–H groups in total. The fourth-order valence-electron chi connectivity index (χ4n) is 2.34. The van der Waals surface area contributed by atoms with Crippen molar-refractivity contribution in [3.8, 4) is 0 Å².